The molecule has 0 spiro atoms. The third-order valence-corrected chi connectivity index (χ3v) is 2.68. The fourth-order valence-corrected chi connectivity index (χ4v) is 1.71. The molecule has 2 rings (SSSR count). The topological polar surface area (TPSA) is 75.6 Å². The number of aromatic carboxylic acids is 1. The van der Waals surface area contributed by atoms with Crippen LogP contribution in [0.3, 0.4) is 0 Å². The number of carbonyl (C=O) groups is 2. The molecule has 0 saturated heterocycles. The predicted octanol–water partition coefficient (Wildman–Crippen LogP) is 2.65. The van der Waals surface area contributed by atoms with Crippen molar-refractivity contribution >= 4 is 17.6 Å². The Bertz CT molecular complexity index is 638. The van der Waals surface area contributed by atoms with E-state index in [9.17, 15) is 9.59 Å². The molecule has 0 aliphatic rings. The highest BCUT2D eigenvalue weighted by molar-refractivity contribution is 6.04. The molecular formula is C15H13NO4. The molecule has 1 amide bonds. The first-order chi connectivity index (χ1) is 9.60. The second-order valence-corrected chi connectivity index (χ2v) is 4.08. The van der Waals surface area contributed by atoms with Gasteiger partial charge in [-0.05, 0) is 24.3 Å². The van der Waals surface area contributed by atoms with Crippen molar-refractivity contribution in [1.82, 2.24) is 0 Å². The van der Waals surface area contributed by atoms with Gasteiger partial charge in [-0.3, -0.25) is 4.79 Å². The lowest BCUT2D eigenvalue weighted by Crippen LogP contribution is -2.12. The number of hydrogen-bond acceptors (Lipinski definition) is 3. The van der Waals surface area contributed by atoms with Gasteiger partial charge >= 0.3 is 5.97 Å². The van der Waals surface area contributed by atoms with Gasteiger partial charge in [0.05, 0.1) is 12.7 Å². The molecule has 2 N–H and O–H groups in total. The van der Waals surface area contributed by atoms with Crippen LogP contribution < -0.4 is 10.1 Å². The van der Waals surface area contributed by atoms with Gasteiger partial charge in [-0.2, -0.15) is 0 Å². The highest BCUT2D eigenvalue weighted by atomic mass is 16.5. The molecule has 0 bridgehead atoms. The largest absolute Gasteiger partial charge is 0.497 e. The molecule has 5 nitrogen and oxygen atoms in total. The quantitative estimate of drug-likeness (QED) is 0.896. The van der Waals surface area contributed by atoms with Crippen LogP contribution in [-0.4, -0.2) is 24.1 Å². The van der Waals surface area contributed by atoms with E-state index in [4.69, 9.17) is 9.84 Å². The monoisotopic (exact) mass is 271 g/mol. The summed E-state index contributed by atoms with van der Waals surface area (Å²) in [6.07, 6.45) is 0. The van der Waals surface area contributed by atoms with E-state index < -0.39 is 5.97 Å². The van der Waals surface area contributed by atoms with Crippen LogP contribution in [0.4, 0.5) is 5.69 Å². The molecule has 2 aromatic carbocycles. The Labute approximate surface area is 115 Å². The maximum atomic E-state index is 12.0. The van der Waals surface area contributed by atoms with Crippen LogP contribution in [0.25, 0.3) is 0 Å². The summed E-state index contributed by atoms with van der Waals surface area (Å²) in [7, 11) is 1.43. The smallest absolute Gasteiger partial charge is 0.335 e. The first-order valence-electron chi connectivity index (χ1n) is 5.89. The van der Waals surface area contributed by atoms with E-state index in [1.807, 2.05) is 6.07 Å². The summed E-state index contributed by atoms with van der Waals surface area (Å²) in [5.74, 6) is -1.03. The standard InChI is InChI=1S/C15H13NO4/c1-20-13-8-11(15(18)19)7-12(9-13)16-14(17)10-5-3-2-4-6-10/h2-9H,1H3,(H,16,17)(H,18,19). The van der Waals surface area contributed by atoms with Gasteiger partial charge in [0.15, 0.2) is 0 Å². The van der Waals surface area contributed by atoms with Crippen LogP contribution in [0.2, 0.25) is 0 Å². The molecular weight excluding hydrogens is 258 g/mol. The molecule has 102 valence electrons. The molecule has 0 aliphatic heterocycles. The van der Waals surface area contributed by atoms with E-state index in [1.165, 1.54) is 19.2 Å². The minimum atomic E-state index is -1.08. The zero-order valence-electron chi connectivity index (χ0n) is 10.8. The number of anilines is 1. The van der Waals surface area contributed by atoms with Crippen LogP contribution in [0.1, 0.15) is 20.7 Å². The van der Waals surface area contributed by atoms with E-state index in [2.05, 4.69) is 5.32 Å². The second kappa shape index (κ2) is 5.88. The number of benzene rings is 2. The van der Waals surface area contributed by atoms with Crippen LogP contribution >= 0.6 is 0 Å². The highest BCUT2D eigenvalue weighted by Gasteiger charge is 2.10. The first-order valence-corrected chi connectivity index (χ1v) is 5.89. The van der Waals surface area contributed by atoms with Gasteiger partial charge in [-0.25, -0.2) is 4.79 Å². The molecule has 0 atom stereocenters. The summed E-state index contributed by atoms with van der Waals surface area (Å²) in [6, 6.07) is 13.0. The number of nitrogens with one attached hydrogen (secondary N) is 1. The molecule has 2 aromatic rings. The van der Waals surface area contributed by atoms with Crippen molar-refractivity contribution in [2.24, 2.45) is 0 Å². The lowest BCUT2D eigenvalue weighted by Gasteiger charge is -2.08. The Morgan fingerprint density at radius 3 is 2.35 bits per heavy atom. The summed E-state index contributed by atoms with van der Waals surface area (Å²) >= 11 is 0. The minimum absolute atomic E-state index is 0.0488. The summed E-state index contributed by atoms with van der Waals surface area (Å²) in [5.41, 5.74) is 0.913. The van der Waals surface area contributed by atoms with Crippen molar-refractivity contribution < 1.29 is 19.4 Å². The summed E-state index contributed by atoms with van der Waals surface area (Å²) < 4.78 is 5.02. The average Bonchev–Trinajstić information content (AvgIpc) is 2.47. The molecule has 5 heteroatoms. The fourth-order valence-electron chi connectivity index (χ4n) is 1.71. The van der Waals surface area contributed by atoms with E-state index in [1.54, 1.807) is 30.3 Å². The van der Waals surface area contributed by atoms with Crippen molar-refractivity contribution in [3.63, 3.8) is 0 Å². The Balaban J connectivity index is 2.27. The lowest BCUT2D eigenvalue weighted by atomic mass is 10.1. The van der Waals surface area contributed by atoms with Crippen molar-refractivity contribution in [2.75, 3.05) is 12.4 Å². The van der Waals surface area contributed by atoms with Crippen molar-refractivity contribution in [1.29, 1.82) is 0 Å². The van der Waals surface area contributed by atoms with Gasteiger partial charge in [0.25, 0.3) is 5.91 Å². The number of ether oxygens (including phenoxy) is 1. The molecule has 20 heavy (non-hydrogen) atoms. The summed E-state index contributed by atoms with van der Waals surface area (Å²) in [4.78, 5) is 23.0. The Hall–Kier alpha value is -2.82. The number of hydrogen-bond donors (Lipinski definition) is 2. The number of carbonyl (C=O) groups excluding carboxylic acids is 1. The normalized spacial score (nSPS) is 9.85. The first kappa shape index (κ1) is 13.6. The number of amides is 1. The SMILES string of the molecule is COc1cc(NC(=O)c2ccccc2)cc(C(=O)O)c1. The van der Waals surface area contributed by atoms with Gasteiger partial charge in [-0.1, -0.05) is 18.2 Å². The number of carboxylic acid groups (broad SMARTS) is 1. The maximum Gasteiger partial charge on any atom is 0.335 e. The Morgan fingerprint density at radius 1 is 1.05 bits per heavy atom. The van der Waals surface area contributed by atoms with Crippen LogP contribution in [0.15, 0.2) is 48.5 Å². The maximum absolute atomic E-state index is 12.0. The third-order valence-electron chi connectivity index (χ3n) is 2.68. The van der Waals surface area contributed by atoms with Crippen molar-refractivity contribution in [2.45, 2.75) is 0 Å². The summed E-state index contributed by atoms with van der Waals surface area (Å²) in [6.45, 7) is 0. The molecule has 0 saturated carbocycles. The third kappa shape index (κ3) is 3.14. The second-order valence-electron chi connectivity index (χ2n) is 4.08. The van der Waals surface area contributed by atoms with E-state index in [0.717, 1.165) is 0 Å². The molecule has 0 aliphatic carbocycles. The Kier molecular flexibility index (Phi) is 4.00. The fraction of sp³-hybridized carbons (Fsp3) is 0.0667. The molecule has 0 unspecified atom stereocenters. The Morgan fingerprint density at radius 2 is 1.75 bits per heavy atom. The number of rotatable bonds is 4. The average molecular weight is 271 g/mol. The summed E-state index contributed by atoms with van der Waals surface area (Å²) in [5, 5.41) is 11.7. The van der Waals surface area contributed by atoms with Gasteiger partial charge in [0, 0.05) is 17.3 Å². The van der Waals surface area contributed by atoms with Crippen LogP contribution in [0.5, 0.6) is 5.75 Å². The van der Waals surface area contributed by atoms with E-state index in [0.29, 0.717) is 17.0 Å². The van der Waals surface area contributed by atoms with Crippen LogP contribution in [-0.2, 0) is 0 Å². The van der Waals surface area contributed by atoms with E-state index in [-0.39, 0.29) is 11.5 Å². The van der Waals surface area contributed by atoms with Crippen LogP contribution in [0, 0.1) is 0 Å². The zero-order chi connectivity index (χ0) is 14.5. The van der Waals surface area contributed by atoms with E-state index >= 15 is 0 Å². The number of carboxylic acids is 1. The van der Waals surface area contributed by atoms with Gasteiger partial charge in [-0.15, -0.1) is 0 Å². The predicted molar refractivity (Wildman–Crippen MR) is 74.3 cm³/mol. The van der Waals surface area contributed by atoms with Gasteiger partial charge in [0.2, 0.25) is 0 Å². The minimum Gasteiger partial charge on any atom is -0.497 e. The number of methoxy groups -OCH3 is 1. The lowest BCUT2D eigenvalue weighted by molar-refractivity contribution is 0.0696. The molecule has 0 aromatic heterocycles. The highest BCUT2D eigenvalue weighted by Crippen LogP contribution is 2.21. The van der Waals surface area contributed by atoms with Crippen molar-refractivity contribution in [3.8, 4) is 5.75 Å². The van der Waals surface area contributed by atoms with Gasteiger partial charge < -0.3 is 15.2 Å². The van der Waals surface area contributed by atoms with Crippen molar-refractivity contribution in [3.05, 3.63) is 59.7 Å². The molecule has 0 radical (unpaired) electrons. The zero-order valence-corrected chi connectivity index (χ0v) is 10.8. The molecule has 0 heterocycles. The van der Waals surface area contributed by atoms with Gasteiger partial charge in [0.1, 0.15) is 5.75 Å². The molecule has 0 fully saturated rings.